The van der Waals surface area contributed by atoms with E-state index in [1.54, 1.807) is 25.3 Å². The van der Waals surface area contributed by atoms with Crippen LogP contribution in [0.4, 0.5) is 0 Å². The molecule has 1 aromatic heterocycles. The van der Waals surface area contributed by atoms with Crippen LogP contribution in [0.3, 0.4) is 0 Å². The Hall–Kier alpha value is -3.61. The number of rotatable bonds is 7. The van der Waals surface area contributed by atoms with Gasteiger partial charge in [0.15, 0.2) is 17.6 Å². The van der Waals surface area contributed by atoms with E-state index in [-0.39, 0.29) is 11.8 Å². The average Bonchev–Trinajstić information content (AvgIpc) is 2.86. The molecule has 1 aliphatic heterocycles. The molecule has 2 N–H and O–H groups in total. The first-order valence-corrected chi connectivity index (χ1v) is 11.3. The smallest absolute Gasteiger partial charge is 0.263 e. The predicted molar refractivity (Wildman–Crippen MR) is 127 cm³/mol. The van der Waals surface area contributed by atoms with Gasteiger partial charge >= 0.3 is 0 Å². The normalized spacial score (nSPS) is 16.9. The SMILES string of the molecule is CC[C@H](Oc1ccccc1OC)C(=O)N1CCC[C@@H](c2nc3ccccc3cc2C(N)=O)C1. The number of aromatic nitrogens is 1. The topological polar surface area (TPSA) is 94.8 Å². The van der Waals surface area contributed by atoms with Gasteiger partial charge in [-0.2, -0.15) is 0 Å². The Kier molecular flexibility index (Phi) is 6.77. The maximum atomic E-state index is 13.4. The van der Waals surface area contributed by atoms with Crippen LogP contribution in [-0.4, -0.2) is 48.0 Å². The van der Waals surface area contributed by atoms with Gasteiger partial charge in [-0.15, -0.1) is 0 Å². The van der Waals surface area contributed by atoms with E-state index in [1.165, 1.54) is 0 Å². The number of carbonyl (C=O) groups is 2. The molecule has 2 heterocycles. The quantitative estimate of drug-likeness (QED) is 0.593. The minimum atomic E-state index is -0.625. The molecule has 0 spiro atoms. The molecule has 1 saturated heterocycles. The van der Waals surface area contributed by atoms with Gasteiger partial charge in [-0.3, -0.25) is 14.6 Å². The lowest BCUT2D eigenvalue weighted by atomic mass is 9.90. The van der Waals surface area contributed by atoms with Crippen LogP contribution in [0, 0.1) is 0 Å². The van der Waals surface area contributed by atoms with Crippen LogP contribution in [0.25, 0.3) is 10.9 Å². The molecule has 0 unspecified atom stereocenters. The number of pyridine rings is 1. The molecule has 2 amide bonds. The molecule has 1 fully saturated rings. The molecule has 4 rings (SSSR count). The van der Waals surface area contributed by atoms with E-state index in [4.69, 9.17) is 20.2 Å². The summed E-state index contributed by atoms with van der Waals surface area (Å²) in [5.41, 5.74) is 7.60. The second kappa shape index (κ2) is 9.90. The fraction of sp³-hybridized carbons (Fsp3) is 0.346. The predicted octanol–water partition coefficient (Wildman–Crippen LogP) is 3.91. The molecule has 3 aromatic rings. The number of primary amides is 1. The maximum absolute atomic E-state index is 13.4. The standard InChI is InChI=1S/C26H29N3O4/c1-3-21(33-23-13-7-6-12-22(23)32-2)26(31)29-14-8-10-18(16-29)24-19(25(27)30)15-17-9-4-5-11-20(17)28-24/h4-7,9,11-13,15,18,21H,3,8,10,14,16H2,1-2H3,(H2,27,30)/t18-,21+/m1/s1. The van der Waals surface area contributed by atoms with E-state index >= 15 is 0 Å². The van der Waals surface area contributed by atoms with Crippen LogP contribution in [-0.2, 0) is 4.79 Å². The number of piperidine rings is 1. The van der Waals surface area contributed by atoms with Crippen LogP contribution in [0.1, 0.15) is 48.2 Å². The minimum absolute atomic E-state index is 0.0708. The van der Waals surface area contributed by atoms with Crippen molar-refractivity contribution in [2.24, 2.45) is 5.73 Å². The molecule has 33 heavy (non-hydrogen) atoms. The number of amides is 2. The Labute approximate surface area is 193 Å². The summed E-state index contributed by atoms with van der Waals surface area (Å²) in [7, 11) is 1.58. The number of para-hydroxylation sites is 3. The zero-order valence-electron chi connectivity index (χ0n) is 19.0. The van der Waals surface area contributed by atoms with Gasteiger partial charge < -0.3 is 20.1 Å². The zero-order chi connectivity index (χ0) is 23.4. The molecule has 2 atom stereocenters. The Morgan fingerprint density at radius 1 is 1.15 bits per heavy atom. The number of fused-ring (bicyclic) bond motifs is 1. The van der Waals surface area contributed by atoms with Crippen molar-refractivity contribution in [2.45, 2.75) is 38.2 Å². The monoisotopic (exact) mass is 447 g/mol. The number of likely N-dealkylation sites (tertiary alicyclic amines) is 1. The highest BCUT2D eigenvalue weighted by Crippen LogP contribution is 2.32. The largest absolute Gasteiger partial charge is 0.493 e. The van der Waals surface area contributed by atoms with E-state index in [9.17, 15) is 9.59 Å². The summed E-state index contributed by atoms with van der Waals surface area (Å²) in [6, 6.07) is 16.8. The third-order valence-electron chi connectivity index (χ3n) is 6.12. The molecule has 0 bridgehead atoms. The van der Waals surface area contributed by atoms with Gasteiger partial charge in [0, 0.05) is 24.4 Å². The van der Waals surface area contributed by atoms with Gasteiger partial charge in [0.2, 0.25) is 0 Å². The fourth-order valence-corrected chi connectivity index (χ4v) is 4.42. The molecular weight excluding hydrogens is 418 g/mol. The first-order chi connectivity index (χ1) is 16.0. The summed E-state index contributed by atoms with van der Waals surface area (Å²) in [4.78, 5) is 32.2. The third-order valence-corrected chi connectivity index (χ3v) is 6.12. The second-order valence-electron chi connectivity index (χ2n) is 8.27. The van der Waals surface area contributed by atoms with Crippen molar-refractivity contribution < 1.29 is 19.1 Å². The van der Waals surface area contributed by atoms with E-state index in [0.29, 0.717) is 42.3 Å². The number of ether oxygens (including phenoxy) is 2. The second-order valence-corrected chi connectivity index (χ2v) is 8.27. The molecule has 7 nitrogen and oxygen atoms in total. The number of nitrogens with zero attached hydrogens (tertiary/aromatic N) is 2. The van der Waals surface area contributed by atoms with Crippen LogP contribution < -0.4 is 15.2 Å². The van der Waals surface area contributed by atoms with Crippen molar-refractivity contribution in [3.63, 3.8) is 0 Å². The van der Waals surface area contributed by atoms with E-state index in [1.807, 2.05) is 48.2 Å². The molecule has 1 aliphatic rings. The average molecular weight is 448 g/mol. The van der Waals surface area contributed by atoms with Crippen LogP contribution in [0.5, 0.6) is 11.5 Å². The molecular formula is C26H29N3O4. The highest BCUT2D eigenvalue weighted by atomic mass is 16.5. The van der Waals surface area contributed by atoms with Gasteiger partial charge in [0.25, 0.3) is 11.8 Å². The van der Waals surface area contributed by atoms with Crippen molar-refractivity contribution >= 4 is 22.7 Å². The summed E-state index contributed by atoms with van der Waals surface area (Å²) in [6.45, 7) is 3.03. The molecule has 0 aliphatic carbocycles. The molecule has 0 saturated carbocycles. The number of hydrogen-bond acceptors (Lipinski definition) is 5. The number of benzene rings is 2. The van der Waals surface area contributed by atoms with E-state index in [2.05, 4.69) is 0 Å². The molecule has 7 heteroatoms. The summed E-state index contributed by atoms with van der Waals surface area (Å²) in [6.07, 6.45) is 1.55. The lowest BCUT2D eigenvalue weighted by Gasteiger charge is -2.35. The van der Waals surface area contributed by atoms with E-state index in [0.717, 1.165) is 23.7 Å². The highest BCUT2D eigenvalue weighted by molar-refractivity contribution is 5.97. The third kappa shape index (κ3) is 4.77. The highest BCUT2D eigenvalue weighted by Gasteiger charge is 2.32. The lowest BCUT2D eigenvalue weighted by Crippen LogP contribution is -2.46. The Morgan fingerprint density at radius 3 is 2.61 bits per heavy atom. The van der Waals surface area contributed by atoms with Gasteiger partial charge in [0.1, 0.15) is 0 Å². The van der Waals surface area contributed by atoms with Crippen molar-refractivity contribution in [3.8, 4) is 11.5 Å². The van der Waals surface area contributed by atoms with Crippen molar-refractivity contribution in [1.82, 2.24) is 9.88 Å². The molecule has 0 radical (unpaired) electrons. The van der Waals surface area contributed by atoms with Crippen molar-refractivity contribution in [1.29, 1.82) is 0 Å². The van der Waals surface area contributed by atoms with Crippen LogP contribution in [0.15, 0.2) is 54.6 Å². The zero-order valence-corrected chi connectivity index (χ0v) is 19.0. The number of hydrogen-bond donors (Lipinski definition) is 1. The Morgan fingerprint density at radius 2 is 1.88 bits per heavy atom. The van der Waals surface area contributed by atoms with Crippen molar-refractivity contribution in [2.75, 3.05) is 20.2 Å². The summed E-state index contributed by atoms with van der Waals surface area (Å²) < 4.78 is 11.4. The van der Waals surface area contributed by atoms with Crippen molar-refractivity contribution in [3.05, 3.63) is 65.9 Å². The fourth-order valence-electron chi connectivity index (χ4n) is 4.42. The van der Waals surface area contributed by atoms with Crippen LogP contribution in [0.2, 0.25) is 0 Å². The number of carbonyl (C=O) groups excluding carboxylic acids is 2. The van der Waals surface area contributed by atoms with E-state index < -0.39 is 12.0 Å². The lowest BCUT2D eigenvalue weighted by molar-refractivity contribution is -0.140. The number of methoxy groups -OCH3 is 1. The Bertz CT molecular complexity index is 1160. The van der Waals surface area contributed by atoms with Gasteiger partial charge in [-0.1, -0.05) is 37.3 Å². The summed E-state index contributed by atoms with van der Waals surface area (Å²) in [5, 5.41) is 0.870. The van der Waals surface area contributed by atoms with Gasteiger partial charge in [0.05, 0.1) is 23.9 Å². The Balaban J connectivity index is 1.57. The minimum Gasteiger partial charge on any atom is -0.493 e. The number of nitrogens with two attached hydrogens (primary N) is 1. The summed E-state index contributed by atoms with van der Waals surface area (Å²) in [5.74, 6) is 0.485. The van der Waals surface area contributed by atoms with Gasteiger partial charge in [-0.25, -0.2) is 0 Å². The maximum Gasteiger partial charge on any atom is 0.263 e. The first kappa shape index (κ1) is 22.6. The first-order valence-electron chi connectivity index (χ1n) is 11.3. The van der Waals surface area contributed by atoms with Gasteiger partial charge in [-0.05, 0) is 43.5 Å². The molecule has 2 aromatic carbocycles. The van der Waals surface area contributed by atoms with Crippen LogP contribution >= 0.6 is 0 Å². The summed E-state index contributed by atoms with van der Waals surface area (Å²) >= 11 is 0. The molecule has 172 valence electrons.